The lowest BCUT2D eigenvalue weighted by Crippen LogP contribution is -2.06. The van der Waals surface area contributed by atoms with Gasteiger partial charge in [0.1, 0.15) is 4.60 Å². The standard InChI is InChI=1S/C14H12BrN5/c15-14-7-3-4-11(18-14)10-16-12-5-1-2-6-13(12)20-9-8-17-19-20/h1-9,16H,10H2. The van der Waals surface area contributed by atoms with E-state index in [9.17, 15) is 0 Å². The fourth-order valence-electron chi connectivity index (χ4n) is 1.89. The Hall–Kier alpha value is -2.21. The summed E-state index contributed by atoms with van der Waals surface area (Å²) in [4.78, 5) is 4.40. The third kappa shape index (κ3) is 2.85. The molecular formula is C14H12BrN5. The lowest BCUT2D eigenvalue weighted by Gasteiger charge is -2.11. The molecule has 6 heteroatoms. The van der Waals surface area contributed by atoms with Crippen molar-refractivity contribution in [1.82, 2.24) is 20.0 Å². The second kappa shape index (κ2) is 5.83. The molecule has 5 nitrogen and oxygen atoms in total. The molecule has 0 saturated heterocycles. The summed E-state index contributed by atoms with van der Waals surface area (Å²) in [5.74, 6) is 0. The lowest BCUT2D eigenvalue weighted by molar-refractivity contribution is 0.803. The maximum absolute atomic E-state index is 4.40. The van der Waals surface area contributed by atoms with Gasteiger partial charge in [0.15, 0.2) is 0 Å². The molecule has 0 saturated carbocycles. The van der Waals surface area contributed by atoms with Gasteiger partial charge in [-0.1, -0.05) is 23.4 Å². The van der Waals surface area contributed by atoms with Gasteiger partial charge >= 0.3 is 0 Å². The summed E-state index contributed by atoms with van der Waals surface area (Å²) in [5.41, 5.74) is 2.91. The summed E-state index contributed by atoms with van der Waals surface area (Å²) in [6.45, 7) is 0.644. The molecule has 3 aromatic rings. The highest BCUT2D eigenvalue weighted by Gasteiger charge is 2.04. The van der Waals surface area contributed by atoms with Crippen molar-refractivity contribution in [3.05, 3.63) is 65.2 Å². The van der Waals surface area contributed by atoms with E-state index < -0.39 is 0 Å². The number of aromatic nitrogens is 4. The zero-order chi connectivity index (χ0) is 13.8. The van der Waals surface area contributed by atoms with Crippen molar-refractivity contribution in [1.29, 1.82) is 0 Å². The maximum Gasteiger partial charge on any atom is 0.106 e. The Labute approximate surface area is 124 Å². The van der Waals surface area contributed by atoms with Crippen LogP contribution >= 0.6 is 15.9 Å². The number of nitrogens with one attached hydrogen (secondary N) is 1. The first kappa shape index (κ1) is 12.8. The van der Waals surface area contributed by atoms with Crippen molar-refractivity contribution in [2.45, 2.75) is 6.54 Å². The highest BCUT2D eigenvalue weighted by molar-refractivity contribution is 9.10. The Morgan fingerprint density at radius 3 is 2.80 bits per heavy atom. The Balaban J connectivity index is 1.81. The van der Waals surface area contributed by atoms with E-state index in [2.05, 4.69) is 36.5 Å². The summed E-state index contributed by atoms with van der Waals surface area (Å²) < 4.78 is 2.57. The van der Waals surface area contributed by atoms with Crippen LogP contribution in [-0.4, -0.2) is 20.0 Å². The van der Waals surface area contributed by atoms with Gasteiger partial charge < -0.3 is 5.32 Å². The van der Waals surface area contributed by atoms with Crippen LogP contribution in [0.1, 0.15) is 5.69 Å². The average Bonchev–Trinajstić information content (AvgIpc) is 3.00. The third-order valence-corrected chi connectivity index (χ3v) is 3.25. The number of hydrogen-bond acceptors (Lipinski definition) is 4. The molecule has 0 bridgehead atoms. The fraction of sp³-hybridized carbons (Fsp3) is 0.0714. The average molecular weight is 330 g/mol. The van der Waals surface area contributed by atoms with Gasteiger partial charge in [-0.05, 0) is 40.2 Å². The molecule has 2 aromatic heterocycles. The SMILES string of the molecule is Brc1cccc(CNc2ccccc2-n2ccnn2)n1. The molecule has 1 aromatic carbocycles. The molecule has 0 radical (unpaired) electrons. The Morgan fingerprint density at radius 1 is 1.10 bits per heavy atom. The van der Waals surface area contributed by atoms with Crippen molar-refractivity contribution in [2.75, 3.05) is 5.32 Å². The van der Waals surface area contributed by atoms with Gasteiger partial charge in [0.2, 0.25) is 0 Å². The van der Waals surface area contributed by atoms with Crippen LogP contribution in [0.2, 0.25) is 0 Å². The molecule has 2 heterocycles. The topological polar surface area (TPSA) is 55.6 Å². The molecule has 0 atom stereocenters. The monoisotopic (exact) mass is 329 g/mol. The van der Waals surface area contributed by atoms with E-state index in [0.29, 0.717) is 6.54 Å². The molecule has 0 fully saturated rings. The maximum atomic E-state index is 4.40. The van der Waals surface area contributed by atoms with Crippen LogP contribution in [0, 0.1) is 0 Å². The minimum Gasteiger partial charge on any atom is -0.378 e. The smallest absolute Gasteiger partial charge is 0.106 e. The number of anilines is 1. The van der Waals surface area contributed by atoms with Gasteiger partial charge in [-0.15, -0.1) is 5.10 Å². The van der Waals surface area contributed by atoms with Crippen LogP contribution in [0.25, 0.3) is 5.69 Å². The molecule has 1 N–H and O–H groups in total. The number of benzene rings is 1. The van der Waals surface area contributed by atoms with E-state index in [-0.39, 0.29) is 0 Å². The predicted molar refractivity (Wildman–Crippen MR) is 80.6 cm³/mol. The summed E-state index contributed by atoms with van der Waals surface area (Å²) in [6.07, 6.45) is 3.48. The van der Waals surface area contributed by atoms with Gasteiger partial charge in [0.05, 0.1) is 36.0 Å². The van der Waals surface area contributed by atoms with Crippen LogP contribution in [-0.2, 0) is 6.54 Å². The number of rotatable bonds is 4. The van der Waals surface area contributed by atoms with E-state index in [1.807, 2.05) is 48.7 Å². The molecule has 20 heavy (non-hydrogen) atoms. The van der Waals surface area contributed by atoms with Crippen LogP contribution < -0.4 is 5.32 Å². The minimum atomic E-state index is 0.644. The number of nitrogens with zero attached hydrogens (tertiary/aromatic N) is 4. The van der Waals surface area contributed by atoms with E-state index in [1.54, 1.807) is 10.9 Å². The van der Waals surface area contributed by atoms with Crippen LogP contribution in [0.15, 0.2) is 59.5 Å². The summed E-state index contributed by atoms with van der Waals surface area (Å²) in [7, 11) is 0. The quantitative estimate of drug-likeness (QED) is 0.747. The summed E-state index contributed by atoms with van der Waals surface area (Å²) in [6, 6.07) is 13.8. The van der Waals surface area contributed by atoms with E-state index in [4.69, 9.17) is 0 Å². The van der Waals surface area contributed by atoms with Crippen LogP contribution in [0.5, 0.6) is 0 Å². The number of para-hydroxylation sites is 2. The first-order valence-corrected chi connectivity index (χ1v) is 6.93. The largest absolute Gasteiger partial charge is 0.378 e. The Bertz CT molecular complexity index is 696. The van der Waals surface area contributed by atoms with Gasteiger partial charge in [-0.25, -0.2) is 9.67 Å². The molecule has 0 aliphatic heterocycles. The Kier molecular flexibility index (Phi) is 3.73. The highest BCUT2D eigenvalue weighted by Crippen LogP contribution is 2.19. The molecule has 0 aliphatic rings. The van der Waals surface area contributed by atoms with Crippen LogP contribution in [0.4, 0.5) is 5.69 Å². The molecule has 0 unspecified atom stereocenters. The zero-order valence-corrected chi connectivity index (χ0v) is 12.2. The second-order valence-corrected chi connectivity index (χ2v) is 4.98. The lowest BCUT2D eigenvalue weighted by atomic mass is 10.2. The highest BCUT2D eigenvalue weighted by atomic mass is 79.9. The van der Waals surface area contributed by atoms with Crippen molar-refractivity contribution in [2.24, 2.45) is 0 Å². The van der Waals surface area contributed by atoms with Crippen molar-refractivity contribution in [3.8, 4) is 5.69 Å². The van der Waals surface area contributed by atoms with Crippen molar-refractivity contribution < 1.29 is 0 Å². The first-order chi connectivity index (χ1) is 9.83. The van der Waals surface area contributed by atoms with Crippen molar-refractivity contribution >= 4 is 21.6 Å². The molecular weight excluding hydrogens is 318 g/mol. The number of halogens is 1. The van der Waals surface area contributed by atoms with E-state index >= 15 is 0 Å². The fourth-order valence-corrected chi connectivity index (χ4v) is 2.27. The predicted octanol–water partition coefficient (Wildman–Crippen LogP) is 3.04. The summed E-state index contributed by atoms with van der Waals surface area (Å²) in [5, 5.41) is 11.2. The van der Waals surface area contributed by atoms with Gasteiger partial charge in [-0.3, -0.25) is 0 Å². The van der Waals surface area contributed by atoms with E-state index in [1.165, 1.54) is 0 Å². The van der Waals surface area contributed by atoms with Gasteiger partial charge in [0, 0.05) is 0 Å². The molecule has 3 rings (SSSR count). The molecule has 0 aliphatic carbocycles. The van der Waals surface area contributed by atoms with E-state index in [0.717, 1.165) is 21.7 Å². The molecule has 0 amide bonds. The Morgan fingerprint density at radius 2 is 2.00 bits per heavy atom. The third-order valence-electron chi connectivity index (χ3n) is 2.81. The normalized spacial score (nSPS) is 10.4. The number of hydrogen-bond donors (Lipinski definition) is 1. The number of pyridine rings is 1. The summed E-state index contributed by atoms with van der Waals surface area (Å²) >= 11 is 3.37. The molecule has 0 spiro atoms. The first-order valence-electron chi connectivity index (χ1n) is 6.14. The van der Waals surface area contributed by atoms with Crippen molar-refractivity contribution in [3.63, 3.8) is 0 Å². The van der Waals surface area contributed by atoms with Gasteiger partial charge in [0.25, 0.3) is 0 Å². The minimum absolute atomic E-state index is 0.644. The molecule has 100 valence electrons. The zero-order valence-electron chi connectivity index (χ0n) is 10.6. The second-order valence-electron chi connectivity index (χ2n) is 4.17. The van der Waals surface area contributed by atoms with Gasteiger partial charge in [-0.2, -0.15) is 0 Å². The van der Waals surface area contributed by atoms with Crippen LogP contribution in [0.3, 0.4) is 0 Å².